The van der Waals surface area contributed by atoms with Crippen LogP contribution in [0.3, 0.4) is 0 Å². The highest BCUT2D eigenvalue weighted by Crippen LogP contribution is 2.38. The molecule has 0 unspecified atom stereocenters. The van der Waals surface area contributed by atoms with Gasteiger partial charge in [0.25, 0.3) is 0 Å². The van der Waals surface area contributed by atoms with E-state index < -0.39 is 0 Å². The monoisotopic (exact) mass is 656 g/mol. The minimum atomic E-state index is 0.548. The van der Waals surface area contributed by atoms with Crippen molar-refractivity contribution < 1.29 is 4.42 Å². The molecule has 0 saturated heterocycles. The summed E-state index contributed by atoms with van der Waals surface area (Å²) in [5.41, 5.74) is 11.0. The van der Waals surface area contributed by atoms with Crippen molar-refractivity contribution in [3.05, 3.63) is 147 Å². The fraction of sp³-hybridized carbons (Fsp3) is 0. The zero-order valence-electron chi connectivity index (χ0n) is 26.8. The molecule has 238 valence electrons. The molecule has 0 aliphatic rings. The maximum atomic E-state index is 6.15. The number of benzene rings is 4. The van der Waals surface area contributed by atoms with Crippen LogP contribution in [0, 0.1) is 0 Å². The largest absolute Gasteiger partial charge is 0.419 e. The molecule has 0 aliphatic carbocycles. The van der Waals surface area contributed by atoms with Crippen molar-refractivity contribution in [3.8, 4) is 33.6 Å². The Morgan fingerprint density at radius 3 is 1.33 bits per heavy atom. The maximum absolute atomic E-state index is 6.15. The van der Waals surface area contributed by atoms with Gasteiger partial charge in [0.05, 0.1) is 21.8 Å². The van der Waals surface area contributed by atoms with E-state index in [0.717, 1.165) is 88.3 Å². The van der Waals surface area contributed by atoms with Crippen LogP contribution in [0.2, 0.25) is 0 Å². The van der Waals surface area contributed by atoms with Crippen LogP contribution in [0.15, 0.2) is 151 Å². The summed E-state index contributed by atoms with van der Waals surface area (Å²) in [6.07, 6.45) is 10.7. The van der Waals surface area contributed by atoms with Gasteiger partial charge in [-0.1, -0.05) is 60.7 Å². The molecule has 11 rings (SSSR count). The summed E-state index contributed by atoms with van der Waals surface area (Å²) >= 11 is 0. The number of nitrogens with zero attached hydrogens (tertiary/aromatic N) is 8. The summed E-state index contributed by atoms with van der Waals surface area (Å²) in [6, 6.07) is 37.8. The third-order valence-corrected chi connectivity index (χ3v) is 9.74. The van der Waals surface area contributed by atoms with Gasteiger partial charge in [0.1, 0.15) is 23.9 Å². The van der Waals surface area contributed by atoms with Crippen molar-refractivity contribution in [2.24, 2.45) is 0 Å². The number of furan rings is 1. The van der Waals surface area contributed by atoms with Crippen LogP contribution in [0.25, 0.3) is 99.7 Å². The van der Waals surface area contributed by atoms with Crippen molar-refractivity contribution >= 4 is 66.1 Å². The van der Waals surface area contributed by atoms with E-state index in [9.17, 15) is 0 Å². The van der Waals surface area contributed by atoms with Gasteiger partial charge in [0.15, 0.2) is 0 Å². The Balaban J connectivity index is 1.07. The van der Waals surface area contributed by atoms with Gasteiger partial charge in [0, 0.05) is 68.8 Å². The van der Waals surface area contributed by atoms with Gasteiger partial charge in [-0.15, -0.1) is 0 Å². The molecule has 9 nitrogen and oxygen atoms in total. The molecule has 0 saturated carbocycles. The molecule has 11 aromatic rings. The van der Waals surface area contributed by atoms with Gasteiger partial charge < -0.3 is 4.42 Å². The first-order valence-electron chi connectivity index (χ1n) is 16.6. The molecule has 0 bridgehead atoms. The van der Waals surface area contributed by atoms with E-state index in [1.165, 1.54) is 0 Å². The van der Waals surface area contributed by atoms with Crippen LogP contribution < -0.4 is 0 Å². The minimum absolute atomic E-state index is 0.548. The number of rotatable bonds is 4. The summed E-state index contributed by atoms with van der Waals surface area (Å²) in [5.74, 6) is 0. The Morgan fingerprint density at radius 1 is 0.392 bits per heavy atom. The molecule has 0 radical (unpaired) electrons. The Morgan fingerprint density at radius 2 is 0.863 bits per heavy atom. The molecule has 0 amide bonds. The van der Waals surface area contributed by atoms with E-state index >= 15 is 0 Å². The van der Waals surface area contributed by atoms with Crippen molar-refractivity contribution in [2.75, 3.05) is 0 Å². The lowest BCUT2D eigenvalue weighted by atomic mass is 10.0. The first kappa shape index (κ1) is 27.7. The highest BCUT2D eigenvalue weighted by Gasteiger charge is 2.18. The van der Waals surface area contributed by atoms with Crippen LogP contribution in [-0.2, 0) is 0 Å². The zero-order valence-corrected chi connectivity index (χ0v) is 26.8. The Hall–Kier alpha value is -7.26. The molecule has 7 heterocycles. The number of hydrogen-bond donors (Lipinski definition) is 0. The highest BCUT2D eigenvalue weighted by atomic mass is 16.3. The topological polar surface area (TPSA) is 100 Å². The van der Waals surface area contributed by atoms with E-state index in [1.807, 2.05) is 61.2 Å². The van der Waals surface area contributed by atoms with E-state index in [0.29, 0.717) is 11.4 Å². The Kier molecular flexibility index (Phi) is 5.76. The maximum Gasteiger partial charge on any atom is 0.229 e. The van der Waals surface area contributed by atoms with Gasteiger partial charge in [-0.3, -0.25) is 9.13 Å². The smallest absolute Gasteiger partial charge is 0.229 e. The molecule has 0 spiro atoms. The minimum Gasteiger partial charge on any atom is -0.419 e. The summed E-state index contributed by atoms with van der Waals surface area (Å²) in [7, 11) is 0. The quantitative estimate of drug-likeness (QED) is 0.186. The lowest BCUT2D eigenvalue weighted by Gasteiger charge is -2.08. The molecule has 51 heavy (non-hydrogen) atoms. The average molecular weight is 657 g/mol. The summed E-state index contributed by atoms with van der Waals surface area (Å²) in [6.45, 7) is 0. The third kappa shape index (κ3) is 4.15. The van der Waals surface area contributed by atoms with E-state index in [1.54, 1.807) is 12.7 Å². The molecule has 0 fully saturated rings. The predicted molar refractivity (Wildman–Crippen MR) is 200 cm³/mol. The fourth-order valence-corrected chi connectivity index (χ4v) is 7.40. The van der Waals surface area contributed by atoms with Crippen LogP contribution in [0.1, 0.15) is 0 Å². The summed E-state index contributed by atoms with van der Waals surface area (Å²) < 4.78 is 10.5. The van der Waals surface area contributed by atoms with Gasteiger partial charge in [-0.25, -0.2) is 29.9 Å². The van der Waals surface area contributed by atoms with Crippen molar-refractivity contribution in [2.45, 2.75) is 0 Å². The van der Waals surface area contributed by atoms with E-state index in [-0.39, 0.29) is 0 Å². The molecule has 0 atom stereocenters. The van der Waals surface area contributed by atoms with Gasteiger partial charge in [0.2, 0.25) is 11.4 Å². The Labute approximate surface area is 289 Å². The molecule has 4 aromatic carbocycles. The second-order valence-electron chi connectivity index (χ2n) is 12.6. The van der Waals surface area contributed by atoms with Crippen molar-refractivity contribution in [3.63, 3.8) is 0 Å². The van der Waals surface area contributed by atoms with Gasteiger partial charge >= 0.3 is 0 Å². The van der Waals surface area contributed by atoms with Crippen molar-refractivity contribution in [1.82, 2.24) is 39.0 Å². The first-order chi connectivity index (χ1) is 25.3. The molecule has 7 aromatic heterocycles. The van der Waals surface area contributed by atoms with Gasteiger partial charge in [-0.2, -0.15) is 0 Å². The molecule has 9 heteroatoms. The standard InChI is InChI=1S/C42H24N8O/c1-3-7-29(8-4-1)49-37-17-25(11-13-31(37)35-21-43-23-47-39(35)49)27-15-33-34-16-28(20-46-42(34)51-41(33)45-19-27)26-12-14-32-36-22-44-24-48-40(36)50(38(32)18-26)30-9-5-2-6-10-30/h1-24H. The zero-order chi connectivity index (χ0) is 33.5. The van der Waals surface area contributed by atoms with E-state index in [2.05, 4.69) is 102 Å². The number of aromatic nitrogens is 8. The Bertz CT molecular complexity index is 2930. The number of hydrogen-bond acceptors (Lipinski definition) is 7. The summed E-state index contributed by atoms with van der Waals surface area (Å²) in [4.78, 5) is 27.5. The second-order valence-corrected chi connectivity index (χ2v) is 12.6. The third-order valence-electron chi connectivity index (χ3n) is 9.74. The SMILES string of the molecule is c1ccc(-n2c3cc(-c4cnc5oc6ncc(-c7ccc8c9cncnc9n(-c9ccccc9)c8c7)cc6c5c4)ccc3c3cncnc32)cc1. The van der Waals surface area contributed by atoms with Gasteiger partial charge in [-0.05, 0) is 59.7 Å². The number of para-hydroxylation sites is 2. The summed E-state index contributed by atoms with van der Waals surface area (Å²) in [5, 5.41) is 6.00. The van der Waals surface area contributed by atoms with Crippen LogP contribution in [-0.4, -0.2) is 39.0 Å². The normalized spacial score (nSPS) is 11.9. The molecular weight excluding hydrogens is 633 g/mol. The predicted octanol–water partition coefficient (Wildman–Crippen LogP) is 9.48. The van der Waals surface area contributed by atoms with E-state index in [4.69, 9.17) is 14.4 Å². The second kappa shape index (κ2) is 10.6. The molecular formula is C42H24N8O. The number of fused-ring (bicyclic) bond motifs is 9. The lowest BCUT2D eigenvalue weighted by molar-refractivity contribution is 0.640. The average Bonchev–Trinajstić information content (AvgIpc) is 3.85. The molecule has 0 N–H and O–H groups in total. The van der Waals surface area contributed by atoms with Crippen LogP contribution in [0.4, 0.5) is 0 Å². The highest BCUT2D eigenvalue weighted by molar-refractivity contribution is 6.11. The molecule has 0 aliphatic heterocycles. The first-order valence-corrected chi connectivity index (χ1v) is 16.6. The number of pyridine rings is 2. The lowest BCUT2D eigenvalue weighted by Crippen LogP contribution is -1.95. The van der Waals surface area contributed by atoms with Crippen molar-refractivity contribution in [1.29, 1.82) is 0 Å². The fourth-order valence-electron chi connectivity index (χ4n) is 7.40. The van der Waals surface area contributed by atoms with Crippen LogP contribution >= 0.6 is 0 Å². The van der Waals surface area contributed by atoms with Crippen LogP contribution in [0.5, 0.6) is 0 Å².